The number of morpholine rings is 1. The summed E-state index contributed by atoms with van der Waals surface area (Å²) in [5.74, 6) is 0. The van der Waals surface area contributed by atoms with Crippen LogP contribution in [-0.2, 0) is 20.9 Å². The molecular formula is C18H17F3N4O5S. The highest BCUT2D eigenvalue weighted by Gasteiger charge is 2.32. The van der Waals surface area contributed by atoms with Crippen molar-refractivity contribution in [3.8, 4) is 0 Å². The maximum Gasteiger partial charge on any atom is 0.417 e. The van der Waals surface area contributed by atoms with Gasteiger partial charge in [-0.15, -0.1) is 0 Å². The number of nitrogens with zero attached hydrogens (tertiary/aromatic N) is 3. The molecule has 1 heterocycles. The van der Waals surface area contributed by atoms with Crippen LogP contribution in [0.25, 0.3) is 0 Å². The molecule has 13 heteroatoms. The standard InChI is InChI=1S/C18H17F3N4O5S/c19-18(20,21)15-4-2-1-3-13(15)12-22-23-16-6-5-14(11-17(16)25(26)27)31(28,29)24-7-9-30-10-8-24/h1-6,11-12,23H,7-10H2/b22-12+. The van der Waals surface area contributed by atoms with Crippen molar-refractivity contribution in [1.82, 2.24) is 4.31 Å². The summed E-state index contributed by atoms with van der Waals surface area (Å²) in [4.78, 5) is 10.3. The lowest BCUT2D eigenvalue weighted by molar-refractivity contribution is -0.384. The topological polar surface area (TPSA) is 114 Å². The average Bonchev–Trinajstić information content (AvgIpc) is 2.74. The van der Waals surface area contributed by atoms with Crippen LogP contribution in [-0.4, -0.2) is 50.2 Å². The molecular weight excluding hydrogens is 441 g/mol. The molecule has 0 bridgehead atoms. The normalized spacial score (nSPS) is 15.8. The molecule has 9 nitrogen and oxygen atoms in total. The van der Waals surface area contributed by atoms with E-state index in [2.05, 4.69) is 10.5 Å². The number of ether oxygens (including phenoxy) is 1. The number of halogens is 3. The molecule has 0 atom stereocenters. The van der Waals surface area contributed by atoms with Crippen LogP contribution in [0.3, 0.4) is 0 Å². The highest BCUT2D eigenvalue weighted by Crippen LogP contribution is 2.32. The van der Waals surface area contributed by atoms with Gasteiger partial charge in [0.1, 0.15) is 5.69 Å². The Morgan fingerprint density at radius 1 is 1.16 bits per heavy atom. The summed E-state index contributed by atoms with van der Waals surface area (Å²) in [5, 5.41) is 15.1. The Balaban J connectivity index is 1.86. The number of sulfonamides is 1. The van der Waals surface area contributed by atoms with E-state index in [0.29, 0.717) is 0 Å². The zero-order valence-electron chi connectivity index (χ0n) is 15.9. The van der Waals surface area contributed by atoms with E-state index in [4.69, 9.17) is 4.74 Å². The van der Waals surface area contributed by atoms with Crippen molar-refractivity contribution < 1.29 is 31.2 Å². The van der Waals surface area contributed by atoms with Crippen molar-refractivity contribution in [1.29, 1.82) is 0 Å². The lowest BCUT2D eigenvalue weighted by Crippen LogP contribution is -2.40. The lowest BCUT2D eigenvalue weighted by atomic mass is 10.1. The number of nitro groups is 1. The number of hydrogen-bond donors (Lipinski definition) is 1. The van der Waals surface area contributed by atoms with Gasteiger partial charge in [0.2, 0.25) is 10.0 Å². The number of nitro benzene ring substituents is 1. The molecule has 0 aliphatic carbocycles. The maximum atomic E-state index is 13.0. The van der Waals surface area contributed by atoms with Crippen molar-refractivity contribution in [3.63, 3.8) is 0 Å². The molecule has 1 fully saturated rings. The third kappa shape index (κ3) is 5.18. The molecule has 0 saturated carbocycles. The second-order valence-corrected chi connectivity index (χ2v) is 8.35. The van der Waals surface area contributed by atoms with E-state index in [1.807, 2.05) is 0 Å². The van der Waals surface area contributed by atoms with Crippen LogP contribution in [0.2, 0.25) is 0 Å². The molecule has 2 aromatic carbocycles. The summed E-state index contributed by atoms with van der Waals surface area (Å²) in [7, 11) is -3.96. The van der Waals surface area contributed by atoms with Gasteiger partial charge in [-0.2, -0.15) is 22.6 Å². The number of hydrazone groups is 1. The third-order valence-corrected chi connectivity index (χ3v) is 6.32. The second-order valence-electron chi connectivity index (χ2n) is 6.41. The molecule has 1 N–H and O–H groups in total. The van der Waals surface area contributed by atoms with E-state index in [1.54, 1.807) is 0 Å². The van der Waals surface area contributed by atoms with Crippen molar-refractivity contribution in [3.05, 3.63) is 63.7 Å². The summed E-state index contributed by atoms with van der Waals surface area (Å²) in [5.41, 5.74) is 0.396. The molecule has 1 saturated heterocycles. The number of benzene rings is 2. The molecule has 0 aromatic heterocycles. The third-order valence-electron chi connectivity index (χ3n) is 4.43. The van der Waals surface area contributed by atoms with Gasteiger partial charge in [-0.05, 0) is 18.2 Å². The fourth-order valence-corrected chi connectivity index (χ4v) is 4.32. The Hall–Kier alpha value is -3.03. The zero-order valence-corrected chi connectivity index (χ0v) is 16.7. The van der Waals surface area contributed by atoms with E-state index in [9.17, 15) is 31.7 Å². The van der Waals surface area contributed by atoms with Crippen LogP contribution < -0.4 is 5.43 Å². The number of hydrogen-bond acceptors (Lipinski definition) is 7. The van der Waals surface area contributed by atoms with Crippen molar-refractivity contribution in [2.24, 2.45) is 5.10 Å². The first-order valence-corrected chi connectivity index (χ1v) is 10.4. The van der Waals surface area contributed by atoms with Gasteiger partial charge in [0.05, 0.1) is 34.8 Å². The van der Waals surface area contributed by atoms with Crippen molar-refractivity contribution in [2.45, 2.75) is 11.1 Å². The summed E-state index contributed by atoms with van der Waals surface area (Å²) in [6, 6.07) is 7.88. The van der Waals surface area contributed by atoms with Gasteiger partial charge in [-0.3, -0.25) is 15.5 Å². The number of anilines is 1. The maximum absolute atomic E-state index is 13.0. The fraction of sp³-hybridized carbons (Fsp3) is 0.278. The largest absolute Gasteiger partial charge is 0.417 e. The van der Waals surface area contributed by atoms with Gasteiger partial charge in [-0.1, -0.05) is 18.2 Å². The predicted molar refractivity (Wildman–Crippen MR) is 105 cm³/mol. The van der Waals surface area contributed by atoms with E-state index in [0.717, 1.165) is 28.7 Å². The Labute approximate surface area is 175 Å². The SMILES string of the molecule is O=[N+]([O-])c1cc(S(=O)(=O)N2CCOCC2)ccc1N/N=C/c1ccccc1C(F)(F)F. The highest BCUT2D eigenvalue weighted by molar-refractivity contribution is 7.89. The van der Waals surface area contributed by atoms with Gasteiger partial charge in [0, 0.05) is 24.7 Å². The van der Waals surface area contributed by atoms with Gasteiger partial charge >= 0.3 is 6.18 Å². The van der Waals surface area contributed by atoms with E-state index >= 15 is 0 Å². The van der Waals surface area contributed by atoms with Crippen LogP contribution >= 0.6 is 0 Å². The average molecular weight is 458 g/mol. The Morgan fingerprint density at radius 2 is 1.84 bits per heavy atom. The Morgan fingerprint density at radius 3 is 2.48 bits per heavy atom. The predicted octanol–water partition coefficient (Wildman–Crippen LogP) is 3.08. The van der Waals surface area contributed by atoms with Crippen LogP contribution in [0, 0.1) is 10.1 Å². The number of alkyl halides is 3. The van der Waals surface area contributed by atoms with Gasteiger partial charge in [0.15, 0.2) is 0 Å². The monoisotopic (exact) mass is 458 g/mol. The fourth-order valence-electron chi connectivity index (χ4n) is 2.89. The minimum atomic E-state index is -4.59. The lowest BCUT2D eigenvalue weighted by Gasteiger charge is -2.26. The van der Waals surface area contributed by atoms with Crippen LogP contribution in [0.4, 0.5) is 24.5 Å². The molecule has 2 aromatic rings. The van der Waals surface area contributed by atoms with Crippen LogP contribution in [0.5, 0.6) is 0 Å². The minimum absolute atomic E-state index is 0.124. The molecule has 1 aliphatic heterocycles. The summed E-state index contributed by atoms with van der Waals surface area (Å²) < 4.78 is 70.8. The highest BCUT2D eigenvalue weighted by atomic mass is 32.2. The Kier molecular flexibility index (Phi) is 6.57. The molecule has 0 unspecified atom stereocenters. The summed E-state index contributed by atoms with van der Waals surface area (Å²) in [6.07, 6.45) is -3.71. The molecule has 0 amide bonds. The van der Waals surface area contributed by atoms with Crippen molar-refractivity contribution in [2.75, 3.05) is 31.7 Å². The van der Waals surface area contributed by atoms with Crippen molar-refractivity contribution >= 4 is 27.6 Å². The molecule has 3 rings (SSSR count). The summed E-state index contributed by atoms with van der Waals surface area (Å²) in [6.45, 7) is 0.683. The van der Waals surface area contributed by atoms with E-state index in [-0.39, 0.29) is 42.4 Å². The molecule has 0 spiro atoms. The van der Waals surface area contributed by atoms with Gasteiger partial charge in [0.25, 0.3) is 5.69 Å². The van der Waals surface area contributed by atoms with Crippen LogP contribution in [0.15, 0.2) is 52.5 Å². The molecule has 1 aliphatic rings. The van der Waals surface area contributed by atoms with E-state index in [1.165, 1.54) is 24.3 Å². The molecule has 0 radical (unpaired) electrons. The molecule has 31 heavy (non-hydrogen) atoms. The first-order valence-electron chi connectivity index (χ1n) is 8.92. The molecule has 166 valence electrons. The Bertz CT molecular complexity index is 1100. The summed E-state index contributed by atoms with van der Waals surface area (Å²) >= 11 is 0. The van der Waals surface area contributed by atoms with Gasteiger partial charge in [-0.25, -0.2) is 8.42 Å². The van der Waals surface area contributed by atoms with Crippen LogP contribution in [0.1, 0.15) is 11.1 Å². The van der Waals surface area contributed by atoms with Gasteiger partial charge < -0.3 is 4.74 Å². The van der Waals surface area contributed by atoms with E-state index < -0.39 is 32.4 Å². The smallest absolute Gasteiger partial charge is 0.379 e. The quantitative estimate of drug-likeness (QED) is 0.404. The first kappa shape index (κ1) is 22.7. The zero-order chi connectivity index (χ0) is 22.6. The second kappa shape index (κ2) is 8.99. The minimum Gasteiger partial charge on any atom is -0.379 e. The number of nitrogens with one attached hydrogen (secondary N) is 1. The first-order chi connectivity index (χ1) is 14.6. The number of rotatable bonds is 6.